The Morgan fingerprint density at radius 2 is 1.73 bits per heavy atom. The van der Waals surface area contributed by atoms with Gasteiger partial charge in [0, 0.05) is 84.6 Å². The number of pyridine rings is 1. The first-order valence-electron chi connectivity index (χ1n) is 20.6. The number of aliphatic hydroxyl groups is 1. The maximum Gasteiger partial charge on any atom is 0.407 e. The first-order valence-corrected chi connectivity index (χ1v) is 20.6. The number of alkyl carbamates (subject to hydrolysis) is 1. The van der Waals surface area contributed by atoms with Crippen LogP contribution in [0.25, 0.3) is 5.57 Å². The number of halogens is 4. The predicted molar refractivity (Wildman–Crippen MR) is 227 cm³/mol. The van der Waals surface area contributed by atoms with Crippen LogP contribution < -0.4 is 26.2 Å². The molecule has 1 aromatic heterocycles. The summed E-state index contributed by atoms with van der Waals surface area (Å²) in [5.41, 5.74) is 1.33. The van der Waals surface area contributed by atoms with Gasteiger partial charge >= 0.3 is 12.6 Å². The van der Waals surface area contributed by atoms with E-state index >= 15 is 4.39 Å². The van der Waals surface area contributed by atoms with Gasteiger partial charge in [-0.3, -0.25) is 14.1 Å². The summed E-state index contributed by atoms with van der Waals surface area (Å²) in [7, 11) is 1.12. The minimum Gasteiger partial charge on any atom is -0.453 e. The van der Waals surface area contributed by atoms with Crippen LogP contribution in [-0.2, 0) is 27.2 Å². The molecule has 2 amide bonds. The van der Waals surface area contributed by atoms with Gasteiger partial charge in [-0.2, -0.15) is 8.78 Å². The van der Waals surface area contributed by atoms with Crippen LogP contribution in [0.4, 0.5) is 28.2 Å². The number of piperazine rings is 1. The molecule has 3 aliphatic rings. The number of hydrogen-bond acceptors (Lipinski definition) is 11. The largest absolute Gasteiger partial charge is 0.453 e. The van der Waals surface area contributed by atoms with E-state index in [9.17, 15) is 27.9 Å². The number of fused-ring (bicyclic) bond motifs is 2. The average Bonchev–Trinajstić information content (AvgIpc) is 3.47. The zero-order valence-corrected chi connectivity index (χ0v) is 35.0. The van der Waals surface area contributed by atoms with Gasteiger partial charge in [0.15, 0.2) is 0 Å². The molecule has 5 atom stereocenters. The second-order valence-electron chi connectivity index (χ2n) is 16.5. The number of hydrogen-bond donors (Lipinski definition) is 6. The van der Waals surface area contributed by atoms with Crippen molar-refractivity contribution in [2.45, 2.75) is 82.5 Å². The fraction of sp³-hybridized carbons (Fsp3) is 0.467. The quantitative estimate of drug-likeness (QED) is 0.0469. The van der Waals surface area contributed by atoms with Crippen molar-refractivity contribution < 1.29 is 41.7 Å². The van der Waals surface area contributed by atoms with Gasteiger partial charge in [-0.15, -0.1) is 0 Å². The molecule has 17 heteroatoms. The van der Waals surface area contributed by atoms with E-state index < -0.39 is 54.6 Å². The summed E-state index contributed by atoms with van der Waals surface area (Å²) in [6, 6.07) is 14.5. The second kappa shape index (κ2) is 21.0. The number of amides is 2. The van der Waals surface area contributed by atoms with E-state index in [1.165, 1.54) is 38.8 Å². The van der Waals surface area contributed by atoms with Gasteiger partial charge < -0.3 is 46.2 Å². The number of allylic oxidation sites excluding steroid dienone is 1. The Balaban J connectivity index is 1.10. The summed E-state index contributed by atoms with van der Waals surface area (Å²) in [5.74, 6) is 5.86. The monoisotopic (exact) mass is 862 g/mol. The highest BCUT2D eigenvalue weighted by Gasteiger charge is 2.45. The molecule has 0 radical (unpaired) electrons. The summed E-state index contributed by atoms with van der Waals surface area (Å²) in [5, 5.41) is 28.9. The standard InChI is InChI=1S/C45H54F4N8O5/c1-45(2,27-46)41(55-44(60)61-3)42(59)54-38(39(58)22-51-20-32-12-11-31(17-37(32)47)33(18-50)21-53-43(48)49)16-29-7-4-28(5-8-29)6-9-30-10-15-40(52-19-30)56-23-34-13-14-35(24-56)57(34)36-25-62-26-36/h4-5,7-8,10-12,15,17-19,21,34-36,38-39,41,43,50-51,53,58H,13-14,16,20,22-27H2,1-3H3,(H,54,59)(H,55,60)/b33-21+,50-18?/t34?,35?,38-,39-,41?/m0/s1. The molecule has 62 heavy (non-hydrogen) atoms. The number of benzene rings is 2. The van der Waals surface area contributed by atoms with Crippen molar-refractivity contribution in [3.8, 4) is 11.8 Å². The zero-order chi connectivity index (χ0) is 44.4. The molecule has 13 nitrogen and oxygen atoms in total. The van der Waals surface area contributed by atoms with Crippen LogP contribution in [0.1, 0.15) is 54.5 Å². The normalized spacial score (nSPS) is 19.4. The summed E-state index contributed by atoms with van der Waals surface area (Å²) < 4.78 is 64.6. The maximum absolute atomic E-state index is 15.1. The van der Waals surface area contributed by atoms with E-state index in [4.69, 9.17) is 15.1 Å². The SMILES string of the molecule is COC(=O)NC(C(=O)N[C@@H](Cc1ccc(C#Cc2ccc(N3CC4CCC(C3)N4C3COC3)nc2)cc1)[C@@H](O)CNCc1ccc(/C(C=N)=C/NC(F)F)cc1F)C(C)(C)CF. The Kier molecular flexibility index (Phi) is 15.6. The minimum atomic E-state index is -2.85. The summed E-state index contributed by atoms with van der Waals surface area (Å²) in [4.78, 5) is 35.6. The molecule has 6 N–H and O–H groups in total. The van der Waals surface area contributed by atoms with Gasteiger partial charge in [-0.25, -0.2) is 14.2 Å². The lowest BCUT2D eigenvalue weighted by Gasteiger charge is -2.47. The molecule has 332 valence electrons. The third kappa shape index (κ3) is 11.7. The van der Waals surface area contributed by atoms with Crippen molar-refractivity contribution in [3.05, 3.63) is 101 Å². The molecule has 2 aromatic carbocycles. The highest BCUT2D eigenvalue weighted by Crippen LogP contribution is 2.35. The Morgan fingerprint density at radius 3 is 2.31 bits per heavy atom. The van der Waals surface area contributed by atoms with Gasteiger partial charge in [0.1, 0.15) is 17.7 Å². The minimum absolute atomic E-state index is 0.0442. The number of carbonyl (C=O) groups is 2. The summed E-state index contributed by atoms with van der Waals surface area (Å²) in [6.07, 6.45) is 3.85. The number of methoxy groups -OCH3 is 1. The Morgan fingerprint density at radius 1 is 1.03 bits per heavy atom. The molecule has 0 spiro atoms. The van der Waals surface area contributed by atoms with Crippen molar-refractivity contribution in [1.29, 1.82) is 5.41 Å². The fourth-order valence-corrected chi connectivity index (χ4v) is 8.03. The predicted octanol–water partition coefficient (Wildman–Crippen LogP) is 4.37. The number of anilines is 1. The van der Waals surface area contributed by atoms with E-state index in [1.807, 2.05) is 36.4 Å². The molecule has 3 unspecified atom stereocenters. The van der Waals surface area contributed by atoms with Crippen LogP contribution >= 0.6 is 0 Å². The number of carbonyl (C=O) groups excluding carboxylic acids is 2. The molecule has 2 bridgehead atoms. The molecule has 0 aliphatic carbocycles. The number of aliphatic hydroxyl groups excluding tert-OH is 1. The molecule has 6 rings (SSSR count). The zero-order valence-electron chi connectivity index (χ0n) is 35.0. The lowest BCUT2D eigenvalue weighted by Crippen LogP contribution is -2.62. The van der Waals surface area contributed by atoms with Crippen LogP contribution in [0.3, 0.4) is 0 Å². The Bertz CT molecular complexity index is 2100. The molecule has 3 fully saturated rings. The first-order chi connectivity index (χ1) is 29.8. The van der Waals surface area contributed by atoms with E-state index in [0.717, 1.165) is 74.4 Å². The molecule has 3 saturated heterocycles. The van der Waals surface area contributed by atoms with Crippen molar-refractivity contribution in [2.24, 2.45) is 5.41 Å². The molecule has 3 aliphatic heterocycles. The van der Waals surface area contributed by atoms with Crippen molar-refractivity contribution in [1.82, 2.24) is 31.2 Å². The summed E-state index contributed by atoms with van der Waals surface area (Å²) in [6.45, 7) is 2.51. The van der Waals surface area contributed by atoms with Crippen LogP contribution in [-0.4, -0.2) is 123 Å². The number of nitrogens with zero attached hydrogens (tertiary/aromatic N) is 3. The van der Waals surface area contributed by atoms with E-state index in [0.29, 0.717) is 18.1 Å². The van der Waals surface area contributed by atoms with Gasteiger partial charge in [0.25, 0.3) is 0 Å². The fourth-order valence-electron chi connectivity index (χ4n) is 8.03. The third-order valence-corrected chi connectivity index (χ3v) is 11.6. The van der Waals surface area contributed by atoms with Gasteiger partial charge in [0.2, 0.25) is 5.91 Å². The third-order valence-electron chi connectivity index (χ3n) is 11.6. The molecular weight excluding hydrogens is 809 g/mol. The highest BCUT2D eigenvalue weighted by atomic mass is 19.3. The number of nitrogens with one attached hydrogen (secondary N) is 5. The summed E-state index contributed by atoms with van der Waals surface area (Å²) >= 11 is 0. The first kappa shape index (κ1) is 46.0. The number of rotatable bonds is 18. The van der Waals surface area contributed by atoms with Crippen LogP contribution in [0, 0.1) is 28.5 Å². The second-order valence-corrected chi connectivity index (χ2v) is 16.5. The average molecular weight is 863 g/mol. The molecule has 4 heterocycles. The highest BCUT2D eigenvalue weighted by molar-refractivity contribution is 6.08. The van der Waals surface area contributed by atoms with Crippen LogP contribution in [0.5, 0.6) is 0 Å². The lowest BCUT2D eigenvalue weighted by atomic mass is 9.85. The lowest BCUT2D eigenvalue weighted by molar-refractivity contribution is -0.127. The van der Waals surface area contributed by atoms with Crippen molar-refractivity contribution >= 4 is 29.6 Å². The van der Waals surface area contributed by atoms with E-state index in [1.54, 1.807) is 11.5 Å². The van der Waals surface area contributed by atoms with Crippen molar-refractivity contribution in [3.63, 3.8) is 0 Å². The van der Waals surface area contributed by atoms with Crippen LogP contribution in [0.15, 0.2) is 67.0 Å². The van der Waals surface area contributed by atoms with Crippen LogP contribution in [0.2, 0.25) is 0 Å². The van der Waals surface area contributed by atoms with Gasteiger partial charge in [0.05, 0.1) is 45.2 Å². The number of alkyl halides is 3. The van der Waals surface area contributed by atoms with Crippen molar-refractivity contribution in [2.75, 3.05) is 51.5 Å². The van der Waals surface area contributed by atoms with E-state index in [2.05, 4.69) is 42.3 Å². The maximum atomic E-state index is 15.1. The van der Waals surface area contributed by atoms with Gasteiger partial charge in [-0.1, -0.05) is 50.0 Å². The Labute approximate surface area is 359 Å². The molecule has 0 saturated carbocycles. The Hall–Kier alpha value is -5.54. The van der Waals surface area contributed by atoms with Gasteiger partial charge in [-0.05, 0) is 60.7 Å². The van der Waals surface area contributed by atoms with E-state index in [-0.39, 0.29) is 36.2 Å². The topological polar surface area (TPSA) is 164 Å². The smallest absolute Gasteiger partial charge is 0.407 e. The molecule has 3 aromatic rings. The number of aromatic nitrogens is 1. The molecular formula is C45H54F4N8O5. The number of ether oxygens (including phenoxy) is 2.